The first-order valence-electron chi connectivity index (χ1n) is 3.52. The van der Waals surface area contributed by atoms with E-state index in [0.717, 1.165) is 13.1 Å². The van der Waals surface area contributed by atoms with E-state index >= 15 is 0 Å². The smallest absolute Gasteiger partial charge is 0.0693 e. The highest BCUT2D eigenvalue weighted by Gasteiger charge is 2.20. The number of hydrogen-bond donors (Lipinski definition) is 2. The molecule has 2 unspecified atom stereocenters. The molecule has 0 spiro atoms. The fourth-order valence-electron chi connectivity index (χ4n) is 1.26. The van der Waals surface area contributed by atoms with Gasteiger partial charge < -0.3 is 9.94 Å². The molecule has 0 aliphatic carbocycles. The first-order chi connectivity index (χ1) is 4.72. The van der Waals surface area contributed by atoms with Crippen molar-refractivity contribution in [1.29, 1.82) is 0 Å². The maximum Gasteiger partial charge on any atom is 0.0693 e. The van der Waals surface area contributed by atoms with Crippen LogP contribution in [0.4, 0.5) is 0 Å². The van der Waals surface area contributed by atoms with Crippen LogP contribution in [0.15, 0.2) is 0 Å². The number of rotatable bonds is 1. The predicted octanol–water partition coefficient (Wildman–Crippen LogP) is -0.0106. The lowest BCUT2D eigenvalue weighted by Crippen LogP contribution is -2.50. The van der Waals surface area contributed by atoms with Crippen LogP contribution in [0, 0.1) is 0 Å². The Balaban J connectivity index is 2.35. The van der Waals surface area contributed by atoms with Crippen molar-refractivity contribution < 1.29 is 9.94 Å². The third-order valence-corrected chi connectivity index (χ3v) is 1.56. The van der Waals surface area contributed by atoms with Gasteiger partial charge in [-0.2, -0.15) is 0 Å². The first-order valence-corrected chi connectivity index (χ1v) is 3.52. The van der Waals surface area contributed by atoms with Crippen molar-refractivity contribution in [1.82, 2.24) is 10.6 Å². The Kier molecular flexibility index (Phi) is 2.62. The van der Waals surface area contributed by atoms with Crippen molar-refractivity contribution in [3.63, 3.8) is 0 Å². The molecule has 60 valence electrons. The van der Waals surface area contributed by atoms with Gasteiger partial charge in [-0.15, -0.1) is 5.59 Å². The van der Waals surface area contributed by atoms with E-state index in [-0.39, 0.29) is 12.2 Å². The molecule has 1 saturated heterocycles. The molecule has 10 heavy (non-hydrogen) atoms. The highest BCUT2D eigenvalue weighted by Crippen LogP contribution is 2.07. The minimum absolute atomic E-state index is 0.198. The summed E-state index contributed by atoms with van der Waals surface area (Å²) in [5.74, 6) is 0. The number of nitrogens with one attached hydrogen (secondary N) is 1. The molecular weight excluding hydrogens is 132 g/mol. The summed E-state index contributed by atoms with van der Waals surface area (Å²) in [5.41, 5.74) is 2.12. The minimum Gasteiger partial charge on any atom is -0.373 e. The lowest BCUT2D eigenvalue weighted by molar-refractivity contribution is -0.132. The van der Waals surface area contributed by atoms with Crippen molar-refractivity contribution >= 4 is 0 Å². The van der Waals surface area contributed by atoms with E-state index in [1.807, 2.05) is 13.8 Å². The van der Waals surface area contributed by atoms with E-state index < -0.39 is 0 Å². The Labute approximate surface area is 60.7 Å². The fraction of sp³-hybridized carbons (Fsp3) is 1.00. The number of ether oxygens (including phenoxy) is 1. The van der Waals surface area contributed by atoms with Crippen molar-refractivity contribution in [3.05, 3.63) is 0 Å². The zero-order valence-corrected chi connectivity index (χ0v) is 6.37. The maximum absolute atomic E-state index is 8.55. The van der Waals surface area contributed by atoms with Crippen LogP contribution >= 0.6 is 0 Å². The van der Waals surface area contributed by atoms with Crippen molar-refractivity contribution in [2.75, 3.05) is 13.1 Å². The molecule has 0 aromatic rings. The highest BCUT2D eigenvalue weighted by molar-refractivity contribution is 4.68. The molecule has 0 radical (unpaired) electrons. The van der Waals surface area contributed by atoms with Crippen LogP contribution in [-0.2, 0) is 4.74 Å². The van der Waals surface area contributed by atoms with Crippen molar-refractivity contribution in [3.8, 4) is 0 Å². The molecule has 0 bridgehead atoms. The van der Waals surface area contributed by atoms with Gasteiger partial charge in [0.15, 0.2) is 0 Å². The first kappa shape index (κ1) is 7.94. The quantitative estimate of drug-likeness (QED) is 0.511. The third-order valence-electron chi connectivity index (χ3n) is 1.56. The van der Waals surface area contributed by atoms with Gasteiger partial charge in [-0.05, 0) is 13.8 Å². The minimum atomic E-state index is 0.198. The second kappa shape index (κ2) is 3.30. The van der Waals surface area contributed by atoms with Gasteiger partial charge in [-0.3, -0.25) is 0 Å². The molecule has 4 heteroatoms. The molecule has 1 aliphatic rings. The largest absolute Gasteiger partial charge is 0.373 e. The van der Waals surface area contributed by atoms with E-state index in [9.17, 15) is 0 Å². The molecule has 4 nitrogen and oxygen atoms in total. The molecule has 1 rings (SSSR count). The fourth-order valence-corrected chi connectivity index (χ4v) is 1.26. The van der Waals surface area contributed by atoms with Gasteiger partial charge in [-0.25, -0.2) is 5.01 Å². The standard InChI is InChI=1S/C6H14N2O2/c1-5-3-8(7-9)4-6(2)10-5/h5-7,9H,3-4H2,1-2H3. The predicted molar refractivity (Wildman–Crippen MR) is 36.5 cm³/mol. The SMILES string of the molecule is CC1CN(NO)CC(C)O1. The molecule has 0 amide bonds. The molecular formula is C6H14N2O2. The van der Waals surface area contributed by atoms with Crippen molar-refractivity contribution in [2.45, 2.75) is 26.1 Å². The molecule has 1 fully saturated rings. The average Bonchev–Trinajstić information content (AvgIpc) is 1.85. The summed E-state index contributed by atoms with van der Waals surface area (Å²) >= 11 is 0. The maximum atomic E-state index is 8.55. The Hall–Kier alpha value is -0.160. The van der Waals surface area contributed by atoms with E-state index in [1.54, 1.807) is 5.01 Å². The summed E-state index contributed by atoms with van der Waals surface area (Å²) in [6.45, 7) is 5.45. The molecule has 0 aromatic carbocycles. The van der Waals surface area contributed by atoms with Gasteiger partial charge in [0, 0.05) is 13.1 Å². The summed E-state index contributed by atoms with van der Waals surface area (Å²) < 4.78 is 5.43. The van der Waals surface area contributed by atoms with Crippen molar-refractivity contribution in [2.24, 2.45) is 0 Å². The molecule has 0 aromatic heterocycles. The summed E-state index contributed by atoms with van der Waals surface area (Å²) in [7, 11) is 0. The van der Waals surface area contributed by atoms with E-state index in [0.29, 0.717) is 0 Å². The van der Waals surface area contributed by atoms with Gasteiger partial charge in [-0.1, -0.05) is 0 Å². The monoisotopic (exact) mass is 146 g/mol. The van der Waals surface area contributed by atoms with E-state index in [1.165, 1.54) is 0 Å². The van der Waals surface area contributed by atoms with Gasteiger partial charge in [0.2, 0.25) is 0 Å². The number of morpholine rings is 1. The van der Waals surface area contributed by atoms with Crippen LogP contribution in [0.1, 0.15) is 13.8 Å². The topological polar surface area (TPSA) is 44.7 Å². The Morgan fingerprint density at radius 2 is 1.90 bits per heavy atom. The van der Waals surface area contributed by atoms with Gasteiger partial charge >= 0.3 is 0 Å². The second-order valence-corrected chi connectivity index (χ2v) is 2.76. The van der Waals surface area contributed by atoms with Gasteiger partial charge in [0.25, 0.3) is 0 Å². The third kappa shape index (κ3) is 1.91. The second-order valence-electron chi connectivity index (χ2n) is 2.76. The number of hydrazine groups is 1. The van der Waals surface area contributed by atoms with Crippen LogP contribution in [0.25, 0.3) is 0 Å². The zero-order chi connectivity index (χ0) is 7.56. The zero-order valence-electron chi connectivity index (χ0n) is 6.37. The summed E-state index contributed by atoms with van der Waals surface area (Å²) in [5, 5.41) is 10.3. The van der Waals surface area contributed by atoms with Crippen LogP contribution in [-0.4, -0.2) is 35.5 Å². The lowest BCUT2D eigenvalue weighted by atomic mass is 10.3. The summed E-state index contributed by atoms with van der Waals surface area (Å²) in [4.78, 5) is 0. The normalized spacial score (nSPS) is 36.3. The Morgan fingerprint density at radius 3 is 2.30 bits per heavy atom. The van der Waals surface area contributed by atoms with Crippen LogP contribution in [0.5, 0.6) is 0 Å². The number of hydrogen-bond acceptors (Lipinski definition) is 4. The van der Waals surface area contributed by atoms with Gasteiger partial charge in [0.05, 0.1) is 12.2 Å². The number of nitrogens with zero attached hydrogens (tertiary/aromatic N) is 1. The van der Waals surface area contributed by atoms with Crippen LogP contribution < -0.4 is 5.59 Å². The van der Waals surface area contributed by atoms with Crippen LogP contribution in [0.2, 0.25) is 0 Å². The summed E-state index contributed by atoms with van der Waals surface area (Å²) in [6, 6.07) is 0. The van der Waals surface area contributed by atoms with Crippen LogP contribution in [0.3, 0.4) is 0 Å². The molecule has 2 atom stereocenters. The highest BCUT2D eigenvalue weighted by atomic mass is 16.5. The lowest BCUT2D eigenvalue weighted by Gasteiger charge is -2.33. The Bertz CT molecular complexity index is 99.9. The van der Waals surface area contributed by atoms with E-state index in [4.69, 9.17) is 9.94 Å². The molecule has 0 saturated carbocycles. The van der Waals surface area contributed by atoms with Gasteiger partial charge in [0.1, 0.15) is 0 Å². The average molecular weight is 146 g/mol. The molecule has 2 N–H and O–H groups in total. The molecule has 1 heterocycles. The van der Waals surface area contributed by atoms with E-state index in [2.05, 4.69) is 5.59 Å². The Morgan fingerprint density at radius 1 is 1.40 bits per heavy atom. The summed E-state index contributed by atoms with van der Waals surface area (Å²) in [6.07, 6.45) is 0.395. The molecule has 1 aliphatic heterocycles.